The Kier molecular flexibility index (Phi) is 5.14. The SMILES string of the molecule is O=CC#C/C=C/CO. The molecule has 0 aromatic heterocycles. The van der Waals surface area contributed by atoms with Gasteiger partial charge in [0, 0.05) is 0 Å². The zero-order chi connectivity index (χ0) is 6.24. The first-order valence-corrected chi connectivity index (χ1v) is 2.12. The van der Waals surface area contributed by atoms with Crippen molar-refractivity contribution in [2.24, 2.45) is 0 Å². The third-order valence-electron chi connectivity index (χ3n) is 0.449. The molecule has 0 radical (unpaired) electrons. The van der Waals surface area contributed by atoms with Gasteiger partial charge in [-0.3, -0.25) is 4.79 Å². The Morgan fingerprint density at radius 3 is 2.75 bits per heavy atom. The van der Waals surface area contributed by atoms with E-state index in [0.717, 1.165) is 0 Å². The fourth-order valence-electron chi connectivity index (χ4n) is 0.194. The first-order valence-electron chi connectivity index (χ1n) is 2.12. The van der Waals surface area contributed by atoms with Crippen molar-refractivity contribution in [2.75, 3.05) is 6.61 Å². The number of aliphatic hydroxyl groups excluding tert-OH is 1. The predicted octanol–water partition coefficient (Wildman–Crippen LogP) is -0.263. The number of hydrogen-bond donors (Lipinski definition) is 1. The molecule has 0 aliphatic carbocycles. The van der Waals surface area contributed by atoms with E-state index in [1.54, 1.807) is 0 Å². The second kappa shape index (κ2) is 5.93. The van der Waals surface area contributed by atoms with Gasteiger partial charge in [0.25, 0.3) is 0 Å². The lowest BCUT2D eigenvalue weighted by Crippen LogP contribution is -1.67. The van der Waals surface area contributed by atoms with Crippen LogP contribution in [0.3, 0.4) is 0 Å². The maximum atomic E-state index is 9.50. The first kappa shape index (κ1) is 6.93. The van der Waals surface area contributed by atoms with Crippen LogP contribution in [0.5, 0.6) is 0 Å². The average molecular weight is 110 g/mol. The van der Waals surface area contributed by atoms with Gasteiger partial charge in [-0.1, -0.05) is 12.0 Å². The molecule has 2 heteroatoms. The highest BCUT2D eigenvalue weighted by molar-refractivity contribution is 5.73. The van der Waals surface area contributed by atoms with Gasteiger partial charge in [0.05, 0.1) is 6.61 Å². The van der Waals surface area contributed by atoms with Crippen molar-refractivity contribution < 1.29 is 9.90 Å². The lowest BCUT2D eigenvalue weighted by Gasteiger charge is -1.67. The van der Waals surface area contributed by atoms with E-state index in [4.69, 9.17) is 5.11 Å². The van der Waals surface area contributed by atoms with Crippen LogP contribution in [0.1, 0.15) is 0 Å². The standard InChI is InChI=1S/C6H6O2/c7-5-3-1-2-4-6-8/h1,3,6-7H,5H2/b3-1+. The molecule has 0 aliphatic heterocycles. The van der Waals surface area contributed by atoms with Gasteiger partial charge in [-0.25, -0.2) is 0 Å². The van der Waals surface area contributed by atoms with Crippen molar-refractivity contribution in [3.63, 3.8) is 0 Å². The number of aldehydes is 1. The van der Waals surface area contributed by atoms with Crippen LogP contribution in [0.2, 0.25) is 0 Å². The zero-order valence-electron chi connectivity index (χ0n) is 4.29. The summed E-state index contributed by atoms with van der Waals surface area (Å²) in [5, 5.41) is 8.12. The molecule has 1 N–H and O–H groups in total. The third-order valence-corrected chi connectivity index (χ3v) is 0.449. The van der Waals surface area contributed by atoms with Crippen molar-refractivity contribution in [1.82, 2.24) is 0 Å². The molecule has 0 aromatic carbocycles. The molecule has 0 aromatic rings. The summed E-state index contributed by atoms with van der Waals surface area (Å²) in [7, 11) is 0. The minimum Gasteiger partial charge on any atom is -0.392 e. The van der Waals surface area contributed by atoms with Gasteiger partial charge < -0.3 is 5.11 Å². The van der Waals surface area contributed by atoms with Gasteiger partial charge >= 0.3 is 0 Å². The average Bonchev–Trinajstić information content (AvgIpc) is 1.81. The van der Waals surface area contributed by atoms with E-state index in [-0.39, 0.29) is 6.61 Å². The van der Waals surface area contributed by atoms with Crippen molar-refractivity contribution in [3.8, 4) is 11.8 Å². The second-order valence-corrected chi connectivity index (χ2v) is 0.991. The van der Waals surface area contributed by atoms with Crippen LogP contribution in [0.4, 0.5) is 0 Å². The number of carbonyl (C=O) groups excluding carboxylic acids is 1. The summed E-state index contributed by atoms with van der Waals surface area (Å²) in [5.41, 5.74) is 0. The Morgan fingerprint density at radius 1 is 1.50 bits per heavy atom. The molecular weight excluding hydrogens is 104 g/mol. The molecule has 8 heavy (non-hydrogen) atoms. The number of hydrogen-bond acceptors (Lipinski definition) is 2. The highest BCUT2D eigenvalue weighted by Gasteiger charge is 1.59. The summed E-state index contributed by atoms with van der Waals surface area (Å²) >= 11 is 0. The molecular formula is C6H6O2. The van der Waals surface area contributed by atoms with E-state index in [2.05, 4.69) is 11.8 Å². The maximum Gasteiger partial charge on any atom is 0.193 e. The van der Waals surface area contributed by atoms with Crippen LogP contribution in [0.25, 0.3) is 0 Å². The van der Waals surface area contributed by atoms with E-state index in [1.807, 2.05) is 0 Å². The van der Waals surface area contributed by atoms with Gasteiger partial charge in [0.2, 0.25) is 0 Å². The quantitative estimate of drug-likeness (QED) is 0.373. The Morgan fingerprint density at radius 2 is 2.25 bits per heavy atom. The van der Waals surface area contributed by atoms with E-state index in [1.165, 1.54) is 12.2 Å². The normalized spacial score (nSPS) is 8.12. The van der Waals surface area contributed by atoms with E-state index in [9.17, 15) is 4.79 Å². The molecule has 0 unspecified atom stereocenters. The molecule has 0 fully saturated rings. The topological polar surface area (TPSA) is 37.3 Å². The van der Waals surface area contributed by atoms with E-state index >= 15 is 0 Å². The molecule has 0 rings (SSSR count). The molecule has 0 saturated carbocycles. The highest BCUT2D eigenvalue weighted by Crippen LogP contribution is 1.63. The van der Waals surface area contributed by atoms with Crippen molar-refractivity contribution in [1.29, 1.82) is 0 Å². The lowest BCUT2D eigenvalue weighted by atomic mass is 10.5. The number of aliphatic hydroxyl groups is 1. The summed E-state index contributed by atoms with van der Waals surface area (Å²) in [4.78, 5) is 9.50. The Labute approximate surface area is 47.8 Å². The van der Waals surface area contributed by atoms with Crippen LogP contribution in [0.15, 0.2) is 12.2 Å². The summed E-state index contributed by atoms with van der Waals surface area (Å²) < 4.78 is 0. The smallest absolute Gasteiger partial charge is 0.193 e. The van der Waals surface area contributed by atoms with Crippen molar-refractivity contribution in [3.05, 3.63) is 12.2 Å². The Hall–Kier alpha value is -1.07. The third kappa shape index (κ3) is 4.93. The molecule has 0 heterocycles. The monoisotopic (exact) mass is 110 g/mol. The molecule has 0 atom stereocenters. The predicted molar refractivity (Wildman–Crippen MR) is 30.1 cm³/mol. The minimum atomic E-state index is -0.0342. The largest absolute Gasteiger partial charge is 0.392 e. The second-order valence-electron chi connectivity index (χ2n) is 0.991. The fourth-order valence-corrected chi connectivity index (χ4v) is 0.194. The molecule has 2 nitrogen and oxygen atoms in total. The maximum absolute atomic E-state index is 9.50. The molecule has 0 bridgehead atoms. The number of carbonyl (C=O) groups is 1. The van der Waals surface area contributed by atoms with Gasteiger partial charge in [0.1, 0.15) is 0 Å². The Bertz CT molecular complexity index is 136. The van der Waals surface area contributed by atoms with Crippen LogP contribution < -0.4 is 0 Å². The van der Waals surface area contributed by atoms with Gasteiger partial charge in [-0.05, 0) is 12.0 Å². The molecule has 0 spiro atoms. The van der Waals surface area contributed by atoms with Gasteiger partial charge in [-0.15, -0.1) is 0 Å². The van der Waals surface area contributed by atoms with E-state index < -0.39 is 0 Å². The Balaban J connectivity index is 3.40. The van der Waals surface area contributed by atoms with Crippen LogP contribution >= 0.6 is 0 Å². The van der Waals surface area contributed by atoms with Gasteiger partial charge in [-0.2, -0.15) is 0 Å². The molecule has 0 amide bonds. The van der Waals surface area contributed by atoms with Crippen LogP contribution in [-0.4, -0.2) is 18.0 Å². The summed E-state index contributed by atoms with van der Waals surface area (Å²) in [6.45, 7) is -0.0342. The molecule has 42 valence electrons. The highest BCUT2D eigenvalue weighted by atomic mass is 16.2. The summed E-state index contributed by atoms with van der Waals surface area (Å²) in [6, 6.07) is 0. The first-order chi connectivity index (χ1) is 3.91. The van der Waals surface area contributed by atoms with Crippen molar-refractivity contribution in [2.45, 2.75) is 0 Å². The fraction of sp³-hybridized carbons (Fsp3) is 0.167. The van der Waals surface area contributed by atoms with Crippen molar-refractivity contribution >= 4 is 6.29 Å². The summed E-state index contributed by atoms with van der Waals surface area (Å²) in [5.74, 6) is 4.53. The van der Waals surface area contributed by atoms with Crippen LogP contribution in [0, 0.1) is 11.8 Å². The molecule has 0 aliphatic rings. The number of allylic oxidation sites excluding steroid dienone is 1. The summed E-state index contributed by atoms with van der Waals surface area (Å²) in [6.07, 6.45) is 3.38. The van der Waals surface area contributed by atoms with Gasteiger partial charge in [0.15, 0.2) is 6.29 Å². The van der Waals surface area contributed by atoms with E-state index in [0.29, 0.717) is 6.29 Å². The minimum absolute atomic E-state index is 0.0342. The van der Waals surface area contributed by atoms with Crippen LogP contribution in [-0.2, 0) is 4.79 Å². The molecule has 0 saturated heterocycles. The zero-order valence-corrected chi connectivity index (χ0v) is 4.29. The lowest BCUT2D eigenvalue weighted by molar-refractivity contribution is -0.103. The number of rotatable bonds is 1.